The molecule has 3 aromatic rings. The zero-order valence-electron chi connectivity index (χ0n) is 15.1. The first kappa shape index (κ1) is 21.2. The molecule has 1 aromatic heterocycles. The van der Waals surface area contributed by atoms with Crippen LogP contribution in [0, 0.1) is 0 Å². The number of nitrogens with one attached hydrogen (secondary N) is 1. The Balaban J connectivity index is 1.71. The highest BCUT2D eigenvalue weighted by molar-refractivity contribution is 9.10. The zero-order chi connectivity index (χ0) is 20.8. The van der Waals surface area contributed by atoms with E-state index < -0.39 is 5.91 Å². The Morgan fingerprint density at radius 2 is 2.10 bits per heavy atom. The number of furan rings is 1. The van der Waals surface area contributed by atoms with Crippen molar-refractivity contribution < 1.29 is 18.7 Å². The summed E-state index contributed by atoms with van der Waals surface area (Å²) in [5.41, 5.74) is 3.86. The van der Waals surface area contributed by atoms with Crippen molar-refractivity contribution in [1.29, 1.82) is 0 Å². The lowest BCUT2D eigenvalue weighted by Crippen LogP contribution is -2.16. The summed E-state index contributed by atoms with van der Waals surface area (Å²) in [5.74, 6) is 0.723. The van der Waals surface area contributed by atoms with Gasteiger partial charge in [0, 0.05) is 15.6 Å². The molecule has 9 heteroatoms. The largest absolute Gasteiger partial charge is 0.493 e. The van der Waals surface area contributed by atoms with Crippen molar-refractivity contribution in [2.75, 3.05) is 7.11 Å². The number of nitrogens with zero attached hydrogens (tertiary/aromatic N) is 1. The van der Waals surface area contributed by atoms with Crippen LogP contribution < -0.4 is 14.9 Å². The molecule has 6 nitrogen and oxygen atoms in total. The van der Waals surface area contributed by atoms with E-state index in [9.17, 15) is 4.79 Å². The van der Waals surface area contributed by atoms with Crippen LogP contribution in [-0.2, 0) is 6.61 Å². The molecule has 150 valence electrons. The molecule has 0 aliphatic heterocycles. The summed E-state index contributed by atoms with van der Waals surface area (Å²) in [6, 6.07) is 11.9. The molecule has 0 saturated heterocycles. The second kappa shape index (κ2) is 9.82. The van der Waals surface area contributed by atoms with Crippen molar-refractivity contribution in [2.45, 2.75) is 6.61 Å². The van der Waals surface area contributed by atoms with Crippen LogP contribution in [0.15, 0.2) is 62.7 Å². The van der Waals surface area contributed by atoms with Gasteiger partial charge in [-0.2, -0.15) is 5.10 Å². The highest BCUT2D eigenvalue weighted by Gasteiger charge is 2.13. The van der Waals surface area contributed by atoms with Gasteiger partial charge >= 0.3 is 5.91 Å². The number of hydrogen-bond donors (Lipinski definition) is 1. The summed E-state index contributed by atoms with van der Waals surface area (Å²) >= 11 is 15.6. The molecule has 3 rings (SSSR count). The normalized spacial score (nSPS) is 10.9. The molecule has 0 spiro atoms. The number of amides is 1. The molecule has 0 aliphatic rings. The molecular formula is C20H15BrCl2N2O4. The van der Waals surface area contributed by atoms with Crippen molar-refractivity contribution in [2.24, 2.45) is 5.10 Å². The number of carbonyl (C=O) groups is 1. The van der Waals surface area contributed by atoms with Gasteiger partial charge in [0.15, 0.2) is 17.3 Å². The molecule has 0 bridgehead atoms. The molecule has 0 unspecified atom stereocenters. The summed E-state index contributed by atoms with van der Waals surface area (Å²) in [6.07, 6.45) is 2.89. The van der Waals surface area contributed by atoms with E-state index in [1.165, 1.54) is 19.6 Å². The van der Waals surface area contributed by atoms with E-state index in [0.29, 0.717) is 31.6 Å². The highest BCUT2D eigenvalue weighted by atomic mass is 79.9. The summed E-state index contributed by atoms with van der Waals surface area (Å²) in [6.45, 7) is 0.234. The van der Waals surface area contributed by atoms with E-state index in [1.807, 2.05) is 0 Å². The lowest BCUT2D eigenvalue weighted by atomic mass is 10.2. The van der Waals surface area contributed by atoms with Crippen LogP contribution in [0.3, 0.4) is 0 Å². The second-order valence-corrected chi connectivity index (χ2v) is 7.43. The van der Waals surface area contributed by atoms with Crippen molar-refractivity contribution in [3.05, 3.63) is 80.1 Å². The topological polar surface area (TPSA) is 73.1 Å². The molecule has 2 aromatic carbocycles. The molecule has 1 N–H and O–H groups in total. The fourth-order valence-electron chi connectivity index (χ4n) is 2.37. The molecule has 29 heavy (non-hydrogen) atoms. The number of halogens is 3. The molecule has 0 saturated carbocycles. The van der Waals surface area contributed by atoms with Crippen LogP contribution in [0.1, 0.15) is 21.7 Å². The lowest BCUT2D eigenvalue weighted by Gasteiger charge is -2.14. The Labute approximate surface area is 185 Å². The Hall–Kier alpha value is -2.48. The van der Waals surface area contributed by atoms with Crippen molar-refractivity contribution >= 4 is 51.3 Å². The van der Waals surface area contributed by atoms with Gasteiger partial charge in [0.2, 0.25) is 0 Å². The van der Waals surface area contributed by atoms with Crippen LogP contribution in [0.4, 0.5) is 0 Å². The maximum Gasteiger partial charge on any atom is 0.307 e. The number of carbonyl (C=O) groups excluding carboxylic acids is 1. The molecule has 1 amide bonds. The van der Waals surface area contributed by atoms with Gasteiger partial charge in [-0.25, -0.2) is 5.43 Å². The Bertz CT molecular complexity index is 1040. The maximum absolute atomic E-state index is 11.8. The van der Waals surface area contributed by atoms with Crippen molar-refractivity contribution in [3.63, 3.8) is 0 Å². The van der Waals surface area contributed by atoms with E-state index in [1.54, 1.807) is 42.5 Å². The minimum absolute atomic E-state index is 0.172. The molecule has 0 atom stereocenters. The van der Waals surface area contributed by atoms with Gasteiger partial charge in [0.25, 0.3) is 0 Å². The number of methoxy groups -OCH3 is 1. The van der Waals surface area contributed by atoms with Crippen LogP contribution in [0.25, 0.3) is 0 Å². The van der Waals surface area contributed by atoms with Gasteiger partial charge in [0.1, 0.15) is 6.61 Å². The SMILES string of the molecule is COc1cc(/C=N\NC(=O)c2ccco2)cc(Br)c1OCc1ccc(Cl)cc1Cl. The number of ether oxygens (including phenoxy) is 2. The molecule has 0 aliphatic carbocycles. The molecule has 0 fully saturated rings. The van der Waals surface area contributed by atoms with Crippen LogP contribution in [-0.4, -0.2) is 19.2 Å². The lowest BCUT2D eigenvalue weighted by molar-refractivity contribution is 0.0927. The third-order valence-corrected chi connectivity index (χ3v) is 4.94. The molecule has 0 radical (unpaired) electrons. The predicted octanol–water partition coefficient (Wildman–Crippen LogP) is 5.70. The maximum atomic E-state index is 11.8. The fourth-order valence-corrected chi connectivity index (χ4v) is 3.41. The van der Waals surface area contributed by atoms with E-state index in [4.69, 9.17) is 37.1 Å². The minimum atomic E-state index is -0.447. The first-order chi connectivity index (χ1) is 14.0. The van der Waals surface area contributed by atoms with Crippen LogP contribution in [0.5, 0.6) is 11.5 Å². The standard InChI is InChI=1S/C20H15BrCl2N2O4/c1-27-18-8-12(10-24-25-20(26)17-3-2-6-28-17)7-15(21)19(18)29-11-13-4-5-14(22)9-16(13)23/h2-10H,11H2,1H3,(H,25,26)/b24-10-. The van der Waals surface area contributed by atoms with Crippen LogP contribution >= 0.6 is 39.1 Å². The van der Waals surface area contributed by atoms with Gasteiger partial charge in [-0.05, 0) is 57.9 Å². The monoisotopic (exact) mass is 496 g/mol. The number of hydrogen-bond acceptors (Lipinski definition) is 5. The second-order valence-electron chi connectivity index (χ2n) is 5.73. The quantitative estimate of drug-likeness (QED) is 0.335. The average Bonchev–Trinajstić information content (AvgIpc) is 3.23. The Morgan fingerprint density at radius 3 is 2.79 bits per heavy atom. The number of benzene rings is 2. The van der Waals surface area contributed by atoms with Crippen molar-refractivity contribution in [1.82, 2.24) is 5.43 Å². The number of rotatable bonds is 7. The third-order valence-electron chi connectivity index (χ3n) is 3.76. The number of hydrazone groups is 1. The summed E-state index contributed by atoms with van der Waals surface area (Å²) in [5, 5.41) is 5.00. The average molecular weight is 498 g/mol. The summed E-state index contributed by atoms with van der Waals surface area (Å²) < 4.78 is 17.0. The summed E-state index contributed by atoms with van der Waals surface area (Å²) in [7, 11) is 1.53. The van der Waals surface area contributed by atoms with Gasteiger partial charge < -0.3 is 13.9 Å². The van der Waals surface area contributed by atoms with Gasteiger partial charge in [-0.1, -0.05) is 29.3 Å². The van der Waals surface area contributed by atoms with E-state index >= 15 is 0 Å². The molecule has 1 heterocycles. The Kier molecular flexibility index (Phi) is 7.19. The highest BCUT2D eigenvalue weighted by Crippen LogP contribution is 2.37. The smallest absolute Gasteiger partial charge is 0.307 e. The van der Waals surface area contributed by atoms with E-state index in [0.717, 1.165) is 5.56 Å². The summed E-state index contributed by atoms with van der Waals surface area (Å²) in [4.78, 5) is 11.8. The fraction of sp³-hybridized carbons (Fsp3) is 0.100. The first-order valence-corrected chi connectivity index (χ1v) is 9.84. The van der Waals surface area contributed by atoms with E-state index in [-0.39, 0.29) is 12.4 Å². The Morgan fingerprint density at radius 1 is 1.28 bits per heavy atom. The van der Waals surface area contributed by atoms with E-state index in [2.05, 4.69) is 26.5 Å². The minimum Gasteiger partial charge on any atom is -0.493 e. The third kappa shape index (κ3) is 5.53. The first-order valence-electron chi connectivity index (χ1n) is 8.29. The van der Waals surface area contributed by atoms with Gasteiger partial charge in [0.05, 0.1) is 24.1 Å². The van der Waals surface area contributed by atoms with Crippen molar-refractivity contribution in [3.8, 4) is 11.5 Å². The zero-order valence-corrected chi connectivity index (χ0v) is 18.2. The van der Waals surface area contributed by atoms with Gasteiger partial charge in [-0.3, -0.25) is 4.79 Å². The molecular weight excluding hydrogens is 483 g/mol. The predicted molar refractivity (Wildman–Crippen MR) is 115 cm³/mol. The van der Waals surface area contributed by atoms with Crippen LogP contribution in [0.2, 0.25) is 10.0 Å². The van der Waals surface area contributed by atoms with Gasteiger partial charge in [-0.15, -0.1) is 0 Å².